The molecule has 4 heteroatoms. The topological polar surface area (TPSA) is 63.6 Å². The molecule has 1 unspecified atom stereocenters. The Morgan fingerprint density at radius 2 is 0.690 bits per heavy atom. The second-order valence-electron chi connectivity index (χ2n) is 13.1. The van der Waals surface area contributed by atoms with Crippen molar-refractivity contribution in [1.29, 1.82) is 0 Å². The van der Waals surface area contributed by atoms with E-state index in [-0.39, 0.29) is 5.97 Å². The maximum absolute atomic E-state index is 12.2. The van der Waals surface area contributed by atoms with Crippen LogP contribution in [0.2, 0.25) is 0 Å². The highest BCUT2D eigenvalue weighted by Crippen LogP contribution is 2.17. The fourth-order valence-electron chi connectivity index (χ4n) is 5.97. The van der Waals surface area contributed by atoms with Crippen molar-refractivity contribution in [2.75, 3.05) is 0 Å². The first-order chi connectivity index (χ1) is 20.6. The maximum Gasteiger partial charge on any atom is 0.345 e. The normalized spacial score (nSPS) is 12.0. The number of hydrogen-bond donors (Lipinski definition) is 1. The van der Waals surface area contributed by atoms with Gasteiger partial charge in [-0.1, -0.05) is 200 Å². The molecule has 0 aromatic carbocycles. The van der Waals surface area contributed by atoms with Gasteiger partial charge in [0.05, 0.1) is 0 Å². The quantitative estimate of drug-likeness (QED) is 0.0585. The number of hydrogen-bond acceptors (Lipinski definition) is 3. The Bertz CT molecular complexity index is 561. The zero-order valence-corrected chi connectivity index (χ0v) is 28.6. The molecule has 42 heavy (non-hydrogen) atoms. The lowest BCUT2D eigenvalue weighted by Crippen LogP contribution is -2.27. The monoisotopic (exact) mass is 595 g/mol. The predicted molar refractivity (Wildman–Crippen MR) is 181 cm³/mol. The van der Waals surface area contributed by atoms with Crippen molar-refractivity contribution in [3.05, 3.63) is 0 Å². The van der Waals surface area contributed by atoms with E-state index in [2.05, 4.69) is 13.8 Å². The van der Waals surface area contributed by atoms with Gasteiger partial charge in [-0.3, -0.25) is 4.79 Å². The number of unbranched alkanes of at least 4 members (excludes halogenated alkanes) is 29. The third-order valence-corrected chi connectivity index (χ3v) is 8.85. The second-order valence-corrected chi connectivity index (χ2v) is 13.1. The van der Waals surface area contributed by atoms with Crippen LogP contribution in [0.5, 0.6) is 0 Å². The van der Waals surface area contributed by atoms with Crippen LogP contribution in [0.25, 0.3) is 0 Å². The molecule has 0 amide bonds. The number of ether oxygens (including phenoxy) is 1. The van der Waals surface area contributed by atoms with E-state index in [0.29, 0.717) is 12.8 Å². The number of carbonyl (C=O) groups excluding carboxylic acids is 1. The van der Waals surface area contributed by atoms with Crippen LogP contribution in [0.3, 0.4) is 0 Å². The minimum absolute atomic E-state index is 0.340. The molecule has 0 aliphatic heterocycles. The van der Waals surface area contributed by atoms with Gasteiger partial charge < -0.3 is 9.84 Å². The number of carboxylic acid groups (broad SMARTS) is 1. The Labute approximate surface area is 262 Å². The predicted octanol–water partition coefficient (Wildman–Crippen LogP) is 12.9. The third-order valence-electron chi connectivity index (χ3n) is 8.85. The summed E-state index contributed by atoms with van der Waals surface area (Å²) < 4.78 is 5.31. The summed E-state index contributed by atoms with van der Waals surface area (Å²) in [7, 11) is 0. The molecule has 4 nitrogen and oxygen atoms in total. The van der Waals surface area contributed by atoms with Crippen molar-refractivity contribution < 1.29 is 19.4 Å². The van der Waals surface area contributed by atoms with Crippen LogP contribution in [0, 0.1) is 0 Å². The van der Waals surface area contributed by atoms with E-state index >= 15 is 0 Å². The Kier molecular flexibility index (Phi) is 33.6. The minimum Gasteiger partial charge on any atom is -0.479 e. The summed E-state index contributed by atoms with van der Waals surface area (Å²) in [5.74, 6) is -1.34. The molecule has 0 aliphatic rings. The third kappa shape index (κ3) is 31.9. The molecule has 0 aromatic heterocycles. The number of rotatable bonds is 35. The molecule has 0 fully saturated rings. The molecule has 0 radical (unpaired) electrons. The molecule has 0 spiro atoms. The highest BCUT2D eigenvalue weighted by atomic mass is 16.6. The lowest BCUT2D eigenvalue weighted by Gasteiger charge is -2.13. The zero-order valence-electron chi connectivity index (χ0n) is 28.6. The van der Waals surface area contributed by atoms with Gasteiger partial charge in [0.25, 0.3) is 0 Å². The Balaban J connectivity index is 3.47. The van der Waals surface area contributed by atoms with Gasteiger partial charge in [0.15, 0.2) is 6.10 Å². The molecule has 1 atom stereocenters. The first-order valence-electron chi connectivity index (χ1n) is 19.0. The average Bonchev–Trinajstić information content (AvgIpc) is 2.98. The summed E-state index contributed by atoms with van der Waals surface area (Å²) in [4.78, 5) is 23.7. The van der Waals surface area contributed by atoms with Crippen molar-refractivity contribution in [2.45, 2.75) is 232 Å². The molecule has 0 heterocycles. The van der Waals surface area contributed by atoms with Gasteiger partial charge >= 0.3 is 11.9 Å². The van der Waals surface area contributed by atoms with E-state index in [4.69, 9.17) is 4.74 Å². The molecule has 0 aromatic rings. The summed E-state index contributed by atoms with van der Waals surface area (Å²) in [5, 5.41) is 9.46. The zero-order chi connectivity index (χ0) is 30.8. The molecule has 0 aliphatic carbocycles. The van der Waals surface area contributed by atoms with Crippen molar-refractivity contribution >= 4 is 11.9 Å². The first-order valence-corrected chi connectivity index (χ1v) is 19.0. The van der Waals surface area contributed by atoms with Crippen molar-refractivity contribution in [3.8, 4) is 0 Å². The molecule has 0 rings (SSSR count). The van der Waals surface area contributed by atoms with Crippen molar-refractivity contribution in [3.63, 3.8) is 0 Å². The van der Waals surface area contributed by atoms with Gasteiger partial charge in [-0.2, -0.15) is 0 Å². The van der Waals surface area contributed by atoms with Crippen LogP contribution >= 0.6 is 0 Å². The highest BCUT2D eigenvalue weighted by molar-refractivity contribution is 5.77. The lowest BCUT2D eigenvalue weighted by molar-refractivity contribution is -0.164. The molecule has 0 saturated heterocycles. The van der Waals surface area contributed by atoms with E-state index < -0.39 is 12.1 Å². The van der Waals surface area contributed by atoms with Crippen LogP contribution in [0.1, 0.15) is 226 Å². The maximum atomic E-state index is 12.2. The fourth-order valence-corrected chi connectivity index (χ4v) is 5.97. The number of esters is 1. The SMILES string of the molecule is CCCCCCCCCCCCCCCCCCCCCC(=O)OC(CCCCCCCCCCCCCC)C(=O)O. The number of carbonyl (C=O) groups is 2. The first kappa shape index (κ1) is 40.9. The standard InChI is InChI=1S/C38H74O4/c1-3-5-7-9-11-13-15-17-18-19-20-21-22-23-25-27-29-31-33-35-37(39)42-36(38(40)41)34-32-30-28-26-24-16-14-12-10-8-6-4-2/h36H,3-35H2,1-2H3,(H,40,41). The molecule has 250 valence electrons. The summed E-state index contributed by atoms with van der Waals surface area (Å²) in [6, 6.07) is 0. The van der Waals surface area contributed by atoms with Gasteiger partial charge in [0.1, 0.15) is 0 Å². The van der Waals surface area contributed by atoms with Crippen molar-refractivity contribution in [1.82, 2.24) is 0 Å². The van der Waals surface area contributed by atoms with E-state index in [9.17, 15) is 14.7 Å². The lowest BCUT2D eigenvalue weighted by atomic mass is 10.0. The molecular weight excluding hydrogens is 520 g/mol. The van der Waals surface area contributed by atoms with Crippen LogP contribution in [0.15, 0.2) is 0 Å². The van der Waals surface area contributed by atoms with Gasteiger partial charge in [0.2, 0.25) is 0 Å². The number of carboxylic acids is 1. The Morgan fingerprint density at radius 3 is 0.976 bits per heavy atom. The van der Waals surface area contributed by atoms with Crippen LogP contribution in [0.4, 0.5) is 0 Å². The highest BCUT2D eigenvalue weighted by Gasteiger charge is 2.21. The van der Waals surface area contributed by atoms with E-state index in [1.165, 1.54) is 161 Å². The summed E-state index contributed by atoms with van der Waals surface area (Å²) in [6.07, 6.45) is 40.0. The van der Waals surface area contributed by atoms with Crippen LogP contribution < -0.4 is 0 Å². The van der Waals surface area contributed by atoms with Gasteiger partial charge in [-0.05, 0) is 19.3 Å². The van der Waals surface area contributed by atoms with Crippen LogP contribution in [-0.4, -0.2) is 23.1 Å². The molecule has 0 bridgehead atoms. The fraction of sp³-hybridized carbons (Fsp3) is 0.947. The minimum atomic E-state index is -1.00. The second kappa shape index (κ2) is 34.4. The summed E-state index contributed by atoms with van der Waals surface area (Å²) in [5.41, 5.74) is 0. The Morgan fingerprint density at radius 1 is 0.429 bits per heavy atom. The van der Waals surface area contributed by atoms with E-state index in [1.807, 2.05) is 0 Å². The summed E-state index contributed by atoms with van der Waals surface area (Å²) >= 11 is 0. The Hall–Kier alpha value is -1.06. The number of aliphatic carboxylic acids is 1. The average molecular weight is 595 g/mol. The van der Waals surface area contributed by atoms with Gasteiger partial charge in [-0.25, -0.2) is 4.79 Å². The molecule has 0 saturated carbocycles. The largest absolute Gasteiger partial charge is 0.479 e. The summed E-state index contributed by atoms with van der Waals surface area (Å²) in [6.45, 7) is 4.54. The van der Waals surface area contributed by atoms with E-state index in [0.717, 1.165) is 38.5 Å². The van der Waals surface area contributed by atoms with Crippen molar-refractivity contribution in [2.24, 2.45) is 0 Å². The molecule has 1 N–H and O–H groups in total. The smallest absolute Gasteiger partial charge is 0.345 e. The van der Waals surface area contributed by atoms with Gasteiger partial charge in [-0.15, -0.1) is 0 Å². The van der Waals surface area contributed by atoms with E-state index in [1.54, 1.807) is 0 Å². The molecular formula is C38H74O4. The van der Waals surface area contributed by atoms with Crippen LogP contribution in [-0.2, 0) is 14.3 Å². The van der Waals surface area contributed by atoms with Gasteiger partial charge in [0, 0.05) is 6.42 Å².